The number of nitrogens with zero attached hydrogens (tertiary/aromatic N) is 7. The van der Waals surface area contributed by atoms with Gasteiger partial charge in [-0.1, -0.05) is 0 Å². The van der Waals surface area contributed by atoms with Gasteiger partial charge in [-0.2, -0.15) is 13.7 Å². The number of aromatic amines is 1. The average Bonchev–Trinajstić information content (AvgIpc) is 4.11. The van der Waals surface area contributed by atoms with Crippen LogP contribution in [-0.2, 0) is 38.8 Å². The number of carboxylic acid groups (broad SMARTS) is 4. The Morgan fingerprint density at radius 2 is 0.812 bits per heavy atom. The normalized spacial score (nSPS) is 16.2. The van der Waals surface area contributed by atoms with E-state index in [4.69, 9.17) is 15.0 Å². The molecule has 9 rings (SSSR count). The Labute approximate surface area is 364 Å². The zero-order valence-electron chi connectivity index (χ0n) is 33.7. The van der Waals surface area contributed by atoms with Crippen LogP contribution in [-0.4, -0.2) is 77.9 Å². The third kappa shape index (κ3) is 8.38. The number of pyridine rings is 3. The molecule has 0 amide bonds. The lowest BCUT2D eigenvalue weighted by Crippen LogP contribution is -2.37. The maximum atomic E-state index is 11.6. The van der Waals surface area contributed by atoms with E-state index in [0.717, 1.165) is 33.4 Å². The van der Waals surface area contributed by atoms with Crippen LogP contribution in [0.25, 0.3) is 16.7 Å². The van der Waals surface area contributed by atoms with Gasteiger partial charge in [0.05, 0.1) is 34.2 Å². The first-order valence-corrected chi connectivity index (χ1v) is 19.9. The molecular weight excluding hydrogens is 817 g/mol. The number of carboxylic acids is 4. The highest BCUT2D eigenvalue weighted by Gasteiger charge is 2.28. The van der Waals surface area contributed by atoms with Crippen molar-refractivity contribution < 1.29 is 53.3 Å². The number of hydrogen-bond donors (Lipinski definition) is 5. The highest BCUT2D eigenvalue weighted by molar-refractivity contribution is 6.36. The fourth-order valence-corrected chi connectivity index (χ4v) is 7.89. The van der Waals surface area contributed by atoms with Crippen molar-refractivity contribution in [2.75, 3.05) is 6.54 Å². The summed E-state index contributed by atoms with van der Waals surface area (Å²) in [4.78, 5) is 67.1. The van der Waals surface area contributed by atoms with E-state index in [2.05, 4.69) is 4.98 Å². The Morgan fingerprint density at radius 3 is 1.19 bits per heavy atom. The van der Waals surface area contributed by atoms with Gasteiger partial charge >= 0.3 is 23.9 Å². The summed E-state index contributed by atoms with van der Waals surface area (Å²) in [6.45, 7) is -0.889. The molecule has 5 aliphatic heterocycles. The van der Waals surface area contributed by atoms with Crippen LogP contribution in [0.3, 0.4) is 0 Å². The molecule has 8 bridgehead atoms. The second-order valence-electron chi connectivity index (χ2n) is 15.0. The van der Waals surface area contributed by atoms with Gasteiger partial charge in [0.1, 0.15) is 6.54 Å². The van der Waals surface area contributed by atoms with E-state index in [0.29, 0.717) is 56.8 Å². The topological polar surface area (TPSA) is 217 Å². The molecule has 4 aromatic rings. The standard InChI is InChI=1S/C48H34N8O8/c57-41(58)25-53-17-9-29(10-18-53)45-33-1-2-34(49-33)46(30-11-19-54(20-12-30)26-42(59)60)36-5-6-38(51-36)48(32-15-23-56(24-16-32)28-44(63)64)40-8-7-39(52-40)47(37-4-3-35(45)50-37)31-13-21-55(22-14-31)27-43(61)62/h1-24H,25-28H2,(H2-3,49,50,51,52,57,58,59,60,61,62,63,64)/p+3. The SMILES string of the molecule is O=C(O)CN1C=CC(=C2C3=NC(=C(c4cc[n+](CC(=O)O)cc4)C4=NC(=C(c5cc[n+](CC(=O)O)cc5)c5ccc([nH]5)C(c5cc[n+](CC(=O)O)cc5)=C5C=CC2=N5)C=C4)C=C3)C=C1. The van der Waals surface area contributed by atoms with Crippen molar-refractivity contribution in [3.63, 3.8) is 0 Å². The molecule has 0 aliphatic carbocycles. The first-order chi connectivity index (χ1) is 30.9. The Morgan fingerprint density at radius 1 is 0.453 bits per heavy atom. The smallest absolute Gasteiger partial charge is 0.370 e. The van der Waals surface area contributed by atoms with Crippen LogP contribution in [0.4, 0.5) is 0 Å². The fourth-order valence-electron chi connectivity index (χ4n) is 7.89. The van der Waals surface area contributed by atoms with Crippen LogP contribution in [0.2, 0.25) is 0 Å². The van der Waals surface area contributed by atoms with E-state index in [1.807, 2.05) is 97.1 Å². The number of fused-ring (bicyclic) bond motifs is 5. The monoisotopic (exact) mass is 853 g/mol. The summed E-state index contributed by atoms with van der Waals surface area (Å²) in [5, 5.41) is 37.8. The minimum Gasteiger partial charge on any atom is -0.480 e. The molecule has 16 nitrogen and oxygen atoms in total. The van der Waals surface area contributed by atoms with Gasteiger partial charge in [-0.15, -0.1) is 0 Å². The zero-order valence-corrected chi connectivity index (χ0v) is 33.7. The summed E-state index contributed by atoms with van der Waals surface area (Å²) in [7, 11) is 0. The quantitative estimate of drug-likeness (QED) is 0.138. The summed E-state index contributed by atoms with van der Waals surface area (Å²) in [6.07, 6.45) is 28.6. The fraction of sp³-hybridized carbons (Fsp3) is 0.0833. The number of nitrogens with one attached hydrogen (secondary N) is 1. The van der Waals surface area contributed by atoms with Crippen molar-refractivity contribution in [1.29, 1.82) is 0 Å². The highest BCUT2D eigenvalue weighted by atomic mass is 16.4. The molecule has 0 spiro atoms. The van der Waals surface area contributed by atoms with Gasteiger partial charge in [-0.3, -0.25) is 4.79 Å². The van der Waals surface area contributed by atoms with Gasteiger partial charge < -0.3 is 30.3 Å². The summed E-state index contributed by atoms with van der Waals surface area (Å²) >= 11 is 0. The number of carbonyl (C=O) groups is 4. The van der Waals surface area contributed by atoms with Crippen molar-refractivity contribution in [1.82, 2.24) is 9.88 Å². The summed E-state index contributed by atoms with van der Waals surface area (Å²) in [6, 6.07) is 14.8. The molecule has 5 N–H and O–H groups in total. The van der Waals surface area contributed by atoms with E-state index in [-0.39, 0.29) is 26.2 Å². The highest BCUT2D eigenvalue weighted by Crippen LogP contribution is 2.38. The summed E-state index contributed by atoms with van der Waals surface area (Å²) in [5.74, 6) is -3.92. The Kier molecular flexibility index (Phi) is 10.7. The lowest BCUT2D eigenvalue weighted by Gasteiger charge is -2.18. The molecule has 9 heterocycles. The summed E-state index contributed by atoms with van der Waals surface area (Å²) < 4.78 is 4.68. The molecule has 0 unspecified atom stereocenters. The van der Waals surface area contributed by atoms with E-state index in [1.165, 1.54) is 0 Å². The van der Waals surface area contributed by atoms with Gasteiger partial charge in [-0.05, 0) is 83.0 Å². The lowest BCUT2D eigenvalue weighted by molar-refractivity contribution is -0.685. The molecule has 0 aromatic carbocycles. The lowest BCUT2D eigenvalue weighted by atomic mass is 9.97. The minimum atomic E-state index is -0.983. The zero-order chi connectivity index (χ0) is 44.5. The van der Waals surface area contributed by atoms with Crippen molar-refractivity contribution in [3.05, 3.63) is 203 Å². The third-order valence-corrected chi connectivity index (χ3v) is 10.7. The van der Waals surface area contributed by atoms with Gasteiger partial charge in [0.25, 0.3) is 0 Å². The van der Waals surface area contributed by atoms with Crippen LogP contribution in [0, 0.1) is 0 Å². The molecule has 5 aliphatic rings. The van der Waals surface area contributed by atoms with Gasteiger partial charge in [-0.25, -0.2) is 29.4 Å². The van der Waals surface area contributed by atoms with Crippen LogP contribution < -0.4 is 13.7 Å². The number of aromatic nitrogens is 4. The van der Waals surface area contributed by atoms with Crippen LogP contribution >= 0.6 is 0 Å². The largest absolute Gasteiger partial charge is 0.480 e. The van der Waals surface area contributed by atoms with Gasteiger partial charge in [0.2, 0.25) is 19.6 Å². The van der Waals surface area contributed by atoms with E-state index in [9.17, 15) is 39.6 Å². The second-order valence-corrected chi connectivity index (χ2v) is 15.0. The molecule has 0 fully saturated rings. The Hall–Kier alpha value is -8.92. The predicted octanol–water partition coefficient (Wildman–Crippen LogP) is 3.83. The molecule has 314 valence electrons. The third-order valence-electron chi connectivity index (χ3n) is 10.7. The number of aliphatic carboxylic acids is 4. The predicted molar refractivity (Wildman–Crippen MR) is 232 cm³/mol. The molecule has 4 aromatic heterocycles. The molecule has 0 radical (unpaired) electrons. The first-order valence-electron chi connectivity index (χ1n) is 19.9. The van der Waals surface area contributed by atoms with Crippen molar-refractivity contribution in [2.45, 2.75) is 19.6 Å². The molecule has 16 heteroatoms. The van der Waals surface area contributed by atoms with Gasteiger partial charge in [0.15, 0.2) is 37.2 Å². The number of allylic oxidation sites excluding steroid dienone is 11. The number of rotatable bonds is 11. The first kappa shape index (κ1) is 40.5. The maximum Gasteiger partial charge on any atom is 0.370 e. The van der Waals surface area contributed by atoms with Gasteiger partial charge in [0, 0.05) is 82.5 Å². The van der Waals surface area contributed by atoms with Crippen LogP contribution in [0.1, 0.15) is 28.1 Å². The Balaban J connectivity index is 1.30. The Bertz CT molecular complexity index is 3060. The van der Waals surface area contributed by atoms with E-state index < -0.39 is 23.9 Å². The average molecular weight is 854 g/mol. The molecule has 0 atom stereocenters. The maximum absolute atomic E-state index is 11.6. The van der Waals surface area contributed by atoms with E-state index >= 15 is 0 Å². The van der Waals surface area contributed by atoms with Crippen molar-refractivity contribution in [3.8, 4) is 0 Å². The van der Waals surface area contributed by atoms with Crippen molar-refractivity contribution in [2.24, 2.45) is 15.0 Å². The number of aliphatic imine (C=N–C) groups is 3. The molecule has 64 heavy (non-hydrogen) atoms. The number of hydrogen-bond acceptors (Lipinski definition) is 8. The van der Waals surface area contributed by atoms with Crippen molar-refractivity contribution >= 4 is 57.7 Å². The van der Waals surface area contributed by atoms with Crippen LogP contribution in [0.15, 0.2) is 190 Å². The van der Waals surface area contributed by atoms with Crippen LogP contribution in [0.5, 0.6) is 0 Å². The molecule has 0 saturated heterocycles. The van der Waals surface area contributed by atoms with E-state index in [1.54, 1.807) is 68.2 Å². The second kappa shape index (κ2) is 16.9. The molecule has 0 saturated carbocycles. The molecular formula is C48H37N8O8+3. The summed E-state index contributed by atoms with van der Waals surface area (Å²) in [5.41, 5.74) is 10.7. The minimum absolute atomic E-state index is 0.220. The number of H-pyrrole nitrogens is 1.